The zero-order chi connectivity index (χ0) is 43.8. The van der Waals surface area contributed by atoms with Gasteiger partial charge in [0.2, 0.25) is 0 Å². The summed E-state index contributed by atoms with van der Waals surface area (Å²) in [4.78, 5) is 15.1. The molecule has 4 heteroatoms. The van der Waals surface area contributed by atoms with Crippen LogP contribution in [0.3, 0.4) is 0 Å². The van der Waals surface area contributed by atoms with E-state index in [-0.39, 0.29) is 51.0 Å². The molecule has 4 nitrogen and oxygen atoms in total. The molecule has 0 unspecified atom stereocenters. The fraction of sp³-hybridized carbons (Fsp3) is 0. The van der Waals surface area contributed by atoms with Crippen LogP contribution in [-0.2, 0) is 0 Å². The molecule has 0 aliphatic carbocycles. The van der Waals surface area contributed by atoms with E-state index in [0.29, 0.717) is 11.1 Å². The average molecular weight is 735 g/mol. The van der Waals surface area contributed by atoms with Crippen molar-refractivity contribution in [2.75, 3.05) is 0 Å². The van der Waals surface area contributed by atoms with Crippen LogP contribution >= 0.6 is 0 Å². The van der Waals surface area contributed by atoms with E-state index in [1.54, 1.807) is 0 Å². The third kappa shape index (κ3) is 5.74. The van der Waals surface area contributed by atoms with Gasteiger partial charge in [-0.15, -0.1) is 0 Å². The molecule has 11 rings (SSSR count). The van der Waals surface area contributed by atoms with Gasteiger partial charge in [0, 0.05) is 27.5 Å². The first-order valence-electron chi connectivity index (χ1n) is 22.1. The predicted molar refractivity (Wildman–Crippen MR) is 235 cm³/mol. The standard InChI is InChI=1S/C53H33N3O/c1-3-14-34(15-4-1)40-24-12-18-36-28-29-39(33-47(36)40)52-54-51(55-53(56-52)46-25-13-27-49-50(46)45-23-9-10-26-48(45)57-49)38-20-11-19-37(32-38)42-31-30-41(35-16-5-2-6-17-35)43-21-7-8-22-44(42)43/h1-33H/i9D,10D,13D,23D,25D,26D,27D. The van der Waals surface area contributed by atoms with Gasteiger partial charge in [-0.2, -0.15) is 0 Å². The van der Waals surface area contributed by atoms with Crippen molar-refractivity contribution in [3.8, 4) is 67.5 Å². The number of furan rings is 1. The molecule has 2 aromatic heterocycles. The summed E-state index contributed by atoms with van der Waals surface area (Å²) in [5.74, 6) is 0.530. The van der Waals surface area contributed by atoms with E-state index in [4.69, 9.17) is 27.6 Å². The zero-order valence-electron chi connectivity index (χ0n) is 37.3. The van der Waals surface area contributed by atoms with E-state index in [1.165, 1.54) is 0 Å². The highest BCUT2D eigenvalue weighted by atomic mass is 16.3. The van der Waals surface area contributed by atoms with E-state index in [9.17, 15) is 1.37 Å². The van der Waals surface area contributed by atoms with E-state index in [0.717, 1.165) is 54.9 Å². The Balaban J connectivity index is 1.17. The second-order valence-corrected chi connectivity index (χ2v) is 13.8. The van der Waals surface area contributed by atoms with Crippen LogP contribution in [-0.4, -0.2) is 15.0 Å². The highest BCUT2D eigenvalue weighted by Crippen LogP contribution is 2.39. The van der Waals surface area contributed by atoms with Gasteiger partial charge in [-0.05, 0) is 79.1 Å². The molecule has 0 aliphatic rings. The first kappa shape index (κ1) is 26.2. The highest BCUT2D eigenvalue weighted by molar-refractivity contribution is 6.12. The lowest BCUT2D eigenvalue weighted by atomic mass is 9.91. The molecular formula is C53H33N3O. The van der Waals surface area contributed by atoms with Crippen LogP contribution in [0.5, 0.6) is 0 Å². The van der Waals surface area contributed by atoms with E-state index >= 15 is 0 Å². The maximum atomic E-state index is 9.33. The largest absolute Gasteiger partial charge is 0.456 e. The summed E-state index contributed by atoms with van der Waals surface area (Å²) in [6, 6.07) is 49.9. The Morgan fingerprint density at radius 3 is 1.68 bits per heavy atom. The molecule has 57 heavy (non-hydrogen) atoms. The van der Waals surface area contributed by atoms with Crippen molar-refractivity contribution in [1.82, 2.24) is 15.0 Å². The first-order chi connectivity index (χ1) is 31.2. The fourth-order valence-electron chi connectivity index (χ4n) is 7.80. The van der Waals surface area contributed by atoms with Gasteiger partial charge in [-0.3, -0.25) is 0 Å². The maximum Gasteiger partial charge on any atom is 0.164 e. The van der Waals surface area contributed by atoms with Gasteiger partial charge in [0.25, 0.3) is 0 Å². The quantitative estimate of drug-likeness (QED) is 0.171. The van der Waals surface area contributed by atoms with Crippen molar-refractivity contribution in [3.05, 3.63) is 200 Å². The maximum absolute atomic E-state index is 9.33. The lowest BCUT2D eigenvalue weighted by Gasteiger charge is -2.14. The number of para-hydroxylation sites is 1. The molecule has 0 amide bonds. The number of hydrogen-bond acceptors (Lipinski definition) is 4. The van der Waals surface area contributed by atoms with Crippen molar-refractivity contribution in [1.29, 1.82) is 0 Å². The number of rotatable bonds is 6. The van der Waals surface area contributed by atoms with Crippen molar-refractivity contribution in [2.45, 2.75) is 0 Å². The molecule has 0 atom stereocenters. The first-order valence-corrected chi connectivity index (χ1v) is 18.6. The molecular weight excluding hydrogens is 695 g/mol. The zero-order valence-corrected chi connectivity index (χ0v) is 30.3. The van der Waals surface area contributed by atoms with Crippen LogP contribution in [0, 0.1) is 0 Å². The van der Waals surface area contributed by atoms with E-state index in [1.807, 2.05) is 103 Å². The number of fused-ring (bicyclic) bond motifs is 5. The van der Waals surface area contributed by atoms with Gasteiger partial charge >= 0.3 is 0 Å². The average Bonchev–Trinajstić information content (AvgIpc) is 3.75. The Bertz CT molecular complexity index is 3710. The molecule has 0 spiro atoms. The lowest BCUT2D eigenvalue weighted by Crippen LogP contribution is -2.01. The topological polar surface area (TPSA) is 51.8 Å². The van der Waals surface area contributed by atoms with Crippen LogP contribution in [0.2, 0.25) is 0 Å². The summed E-state index contributed by atoms with van der Waals surface area (Å²) in [6.45, 7) is 0. The smallest absolute Gasteiger partial charge is 0.164 e. The lowest BCUT2D eigenvalue weighted by molar-refractivity contribution is 0.669. The molecule has 2 heterocycles. The normalized spacial score (nSPS) is 13.2. The summed E-state index contributed by atoms with van der Waals surface area (Å²) in [6.07, 6.45) is 0. The van der Waals surface area contributed by atoms with Crippen LogP contribution in [0.1, 0.15) is 9.60 Å². The molecule has 0 saturated carbocycles. The molecule has 0 fully saturated rings. The Morgan fingerprint density at radius 1 is 0.351 bits per heavy atom. The van der Waals surface area contributed by atoms with Gasteiger partial charge in [-0.25, -0.2) is 15.0 Å². The van der Waals surface area contributed by atoms with E-state index < -0.39 is 36.3 Å². The summed E-state index contributed by atoms with van der Waals surface area (Å²) in [7, 11) is 0. The second kappa shape index (κ2) is 13.6. The summed E-state index contributed by atoms with van der Waals surface area (Å²) in [5, 5.41) is 4.19. The summed E-state index contributed by atoms with van der Waals surface area (Å²) in [5.41, 5.74) is 7.18. The third-order valence-electron chi connectivity index (χ3n) is 10.5. The fourth-order valence-corrected chi connectivity index (χ4v) is 7.80. The highest BCUT2D eigenvalue weighted by Gasteiger charge is 2.19. The van der Waals surface area contributed by atoms with Crippen LogP contribution in [0.15, 0.2) is 204 Å². The summed E-state index contributed by atoms with van der Waals surface area (Å²) >= 11 is 0. The van der Waals surface area contributed by atoms with Gasteiger partial charge in [0.15, 0.2) is 17.5 Å². The predicted octanol–water partition coefficient (Wildman–Crippen LogP) is 14.1. The molecule has 0 bridgehead atoms. The van der Waals surface area contributed by atoms with Gasteiger partial charge < -0.3 is 4.42 Å². The molecule has 11 aromatic rings. The van der Waals surface area contributed by atoms with Crippen molar-refractivity contribution >= 4 is 43.5 Å². The molecule has 266 valence electrons. The summed E-state index contributed by atoms with van der Waals surface area (Å²) < 4.78 is 67.6. The minimum absolute atomic E-state index is 0.00547. The van der Waals surface area contributed by atoms with Crippen molar-refractivity contribution < 1.29 is 14.0 Å². The number of hydrogen-bond donors (Lipinski definition) is 0. The Morgan fingerprint density at radius 2 is 0.930 bits per heavy atom. The third-order valence-corrected chi connectivity index (χ3v) is 10.5. The number of nitrogens with zero attached hydrogens (tertiary/aromatic N) is 3. The van der Waals surface area contributed by atoms with Gasteiger partial charge in [0.1, 0.15) is 11.2 Å². The minimum atomic E-state index is -0.500. The number of aromatic nitrogens is 3. The van der Waals surface area contributed by atoms with Crippen molar-refractivity contribution in [3.63, 3.8) is 0 Å². The Hall–Kier alpha value is -7.69. The van der Waals surface area contributed by atoms with Crippen LogP contribution in [0.25, 0.3) is 111 Å². The molecule has 0 aliphatic heterocycles. The minimum Gasteiger partial charge on any atom is -0.456 e. The molecule has 0 radical (unpaired) electrons. The Kier molecular flexibility index (Phi) is 6.22. The number of benzene rings is 9. The Labute approximate surface area is 339 Å². The van der Waals surface area contributed by atoms with Crippen molar-refractivity contribution in [2.24, 2.45) is 0 Å². The SMILES string of the molecule is [2H]c1c([2H])c([2H])c2c(oc3c([2H])c([2H])c([2H])c(-c4nc(-c5cccc(-c6ccc(-c7ccccc7)c7ccccc67)c5)nc(-c5ccc6cccc(-c7ccccc7)c6c5)n4)c32)c1[2H]. The molecule has 0 saturated heterocycles. The van der Waals surface area contributed by atoms with Gasteiger partial charge in [-0.1, -0.05) is 176 Å². The monoisotopic (exact) mass is 734 g/mol. The van der Waals surface area contributed by atoms with Gasteiger partial charge in [0.05, 0.1) is 9.60 Å². The van der Waals surface area contributed by atoms with Crippen LogP contribution in [0.4, 0.5) is 0 Å². The molecule has 0 N–H and O–H groups in total. The van der Waals surface area contributed by atoms with E-state index in [2.05, 4.69) is 54.6 Å². The molecule has 9 aromatic carbocycles. The van der Waals surface area contributed by atoms with Crippen LogP contribution < -0.4 is 0 Å². The second-order valence-electron chi connectivity index (χ2n) is 13.8.